The second kappa shape index (κ2) is 6.89. The molecule has 0 aliphatic carbocycles. The standard InChI is InChI=1S/C12H22N2O2S/c1-9(2)7-17-8-11(15)14-5-3-10(4-6-14)12(13)16/h9-10H,3-8H2,1-2H3,(H2,13,16). The summed E-state index contributed by atoms with van der Waals surface area (Å²) in [6.45, 7) is 5.65. The molecule has 17 heavy (non-hydrogen) atoms. The Kier molecular flexibility index (Phi) is 5.82. The number of hydrogen-bond acceptors (Lipinski definition) is 3. The van der Waals surface area contributed by atoms with Gasteiger partial charge in [-0.15, -0.1) is 0 Å². The van der Waals surface area contributed by atoms with Gasteiger partial charge in [0.05, 0.1) is 5.75 Å². The van der Waals surface area contributed by atoms with E-state index >= 15 is 0 Å². The maximum Gasteiger partial charge on any atom is 0.232 e. The van der Waals surface area contributed by atoms with Crippen LogP contribution in [0.5, 0.6) is 0 Å². The quantitative estimate of drug-likeness (QED) is 0.803. The van der Waals surface area contributed by atoms with Crippen LogP contribution in [0, 0.1) is 11.8 Å². The van der Waals surface area contributed by atoms with E-state index in [9.17, 15) is 9.59 Å². The van der Waals surface area contributed by atoms with Gasteiger partial charge in [-0.1, -0.05) is 13.8 Å². The Balaban J connectivity index is 2.24. The fraction of sp³-hybridized carbons (Fsp3) is 0.833. The molecular formula is C12H22N2O2S. The summed E-state index contributed by atoms with van der Waals surface area (Å²) < 4.78 is 0. The minimum atomic E-state index is -0.230. The molecule has 0 saturated carbocycles. The van der Waals surface area contributed by atoms with E-state index in [-0.39, 0.29) is 17.7 Å². The predicted molar refractivity (Wildman–Crippen MR) is 70.7 cm³/mol. The van der Waals surface area contributed by atoms with Gasteiger partial charge >= 0.3 is 0 Å². The Bertz CT molecular complexity index is 274. The average molecular weight is 258 g/mol. The van der Waals surface area contributed by atoms with Gasteiger partial charge in [-0.25, -0.2) is 0 Å². The number of primary amides is 1. The Morgan fingerprint density at radius 2 is 1.94 bits per heavy atom. The number of rotatable bonds is 5. The largest absolute Gasteiger partial charge is 0.369 e. The molecular weight excluding hydrogens is 236 g/mol. The number of hydrogen-bond donors (Lipinski definition) is 1. The van der Waals surface area contributed by atoms with Crippen LogP contribution < -0.4 is 5.73 Å². The summed E-state index contributed by atoms with van der Waals surface area (Å²) in [6.07, 6.45) is 1.44. The Morgan fingerprint density at radius 1 is 1.35 bits per heavy atom. The number of nitrogens with zero attached hydrogens (tertiary/aromatic N) is 1. The van der Waals surface area contributed by atoms with Crippen molar-refractivity contribution in [3.63, 3.8) is 0 Å². The molecule has 1 rings (SSSR count). The van der Waals surface area contributed by atoms with Crippen LogP contribution in [0.25, 0.3) is 0 Å². The average Bonchev–Trinajstić information content (AvgIpc) is 2.28. The summed E-state index contributed by atoms with van der Waals surface area (Å²) in [7, 11) is 0. The molecule has 98 valence electrons. The first-order valence-corrected chi connectivity index (χ1v) is 7.31. The fourth-order valence-corrected chi connectivity index (χ4v) is 2.83. The lowest BCUT2D eigenvalue weighted by Crippen LogP contribution is -2.42. The second-order valence-electron chi connectivity index (χ2n) is 4.97. The minimum Gasteiger partial charge on any atom is -0.369 e. The van der Waals surface area contributed by atoms with Crippen LogP contribution in [0.1, 0.15) is 26.7 Å². The van der Waals surface area contributed by atoms with Gasteiger partial charge in [-0.2, -0.15) is 11.8 Å². The van der Waals surface area contributed by atoms with E-state index in [2.05, 4.69) is 13.8 Å². The van der Waals surface area contributed by atoms with Crippen LogP contribution in [0.3, 0.4) is 0 Å². The molecule has 0 aromatic carbocycles. The molecule has 0 aromatic heterocycles. The topological polar surface area (TPSA) is 63.4 Å². The highest BCUT2D eigenvalue weighted by Crippen LogP contribution is 2.18. The molecule has 0 atom stereocenters. The number of likely N-dealkylation sites (tertiary alicyclic amines) is 1. The summed E-state index contributed by atoms with van der Waals surface area (Å²) >= 11 is 1.69. The van der Waals surface area contributed by atoms with Crippen LogP contribution in [0.2, 0.25) is 0 Å². The van der Waals surface area contributed by atoms with Crippen LogP contribution in [0.4, 0.5) is 0 Å². The van der Waals surface area contributed by atoms with Crippen molar-refractivity contribution in [1.29, 1.82) is 0 Å². The maximum absolute atomic E-state index is 11.8. The van der Waals surface area contributed by atoms with Gasteiger partial charge in [0.2, 0.25) is 11.8 Å². The lowest BCUT2D eigenvalue weighted by atomic mass is 9.96. The molecule has 1 fully saturated rings. The van der Waals surface area contributed by atoms with Crippen LogP contribution in [-0.4, -0.2) is 41.3 Å². The molecule has 0 bridgehead atoms. The molecule has 2 amide bonds. The van der Waals surface area contributed by atoms with Crippen molar-refractivity contribution in [3.8, 4) is 0 Å². The van der Waals surface area contributed by atoms with Gasteiger partial charge < -0.3 is 10.6 Å². The molecule has 1 saturated heterocycles. The SMILES string of the molecule is CC(C)CSCC(=O)N1CCC(C(N)=O)CC1. The summed E-state index contributed by atoms with van der Waals surface area (Å²) in [4.78, 5) is 24.7. The number of carbonyl (C=O) groups is 2. The lowest BCUT2D eigenvalue weighted by Gasteiger charge is -2.30. The van der Waals surface area contributed by atoms with Gasteiger partial charge in [-0.3, -0.25) is 9.59 Å². The van der Waals surface area contributed by atoms with E-state index < -0.39 is 0 Å². The maximum atomic E-state index is 11.8. The van der Waals surface area contributed by atoms with Gasteiger partial charge in [0.1, 0.15) is 0 Å². The van der Waals surface area contributed by atoms with Crippen molar-refractivity contribution < 1.29 is 9.59 Å². The van der Waals surface area contributed by atoms with Gasteiger partial charge in [0.25, 0.3) is 0 Å². The molecule has 5 heteroatoms. The molecule has 0 radical (unpaired) electrons. The zero-order chi connectivity index (χ0) is 12.8. The molecule has 2 N–H and O–H groups in total. The Hall–Kier alpha value is -0.710. The highest BCUT2D eigenvalue weighted by molar-refractivity contribution is 7.99. The van der Waals surface area contributed by atoms with Crippen LogP contribution in [0.15, 0.2) is 0 Å². The summed E-state index contributed by atoms with van der Waals surface area (Å²) in [5.41, 5.74) is 5.26. The molecule has 0 spiro atoms. The second-order valence-corrected chi connectivity index (χ2v) is 6.00. The summed E-state index contributed by atoms with van der Waals surface area (Å²) in [5, 5.41) is 0. The Labute approximate surface area is 107 Å². The van der Waals surface area contributed by atoms with Crippen molar-refractivity contribution in [3.05, 3.63) is 0 Å². The number of thioether (sulfide) groups is 1. The molecule has 0 unspecified atom stereocenters. The van der Waals surface area contributed by atoms with Gasteiger partial charge in [0, 0.05) is 19.0 Å². The number of piperidine rings is 1. The van der Waals surface area contributed by atoms with Crippen molar-refractivity contribution in [2.45, 2.75) is 26.7 Å². The Morgan fingerprint density at radius 3 is 2.41 bits per heavy atom. The monoisotopic (exact) mass is 258 g/mol. The first kappa shape index (κ1) is 14.4. The van der Waals surface area contributed by atoms with Crippen molar-refractivity contribution in [1.82, 2.24) is 4.90 Å². The lowest BCUT2D eigenvalue weighted by molar-refractivity contribution is -0.132. The van der Waals surface area contributed by atoms with Gasteiger partial charge in [-0.05, 0) is 24.5 Å². The molecule has 1 aliphatic rings. The molecule has 1 aliphatic heterocycles. The summed E-state index contributed by atoms with van der Waals surface area (Å²) in [5.74, 6) is 2.11. The number of nitrogens with two attached hydrogens (primary N) is 1. The third-order valence-electron chi connectivity index (χ3n) is 2.93. The van der Waals surface area contributed by atoms with Crippen LogP contribution in [-0.2, 0) is 9.59 Å². The first-order valence-electron chi connectivity index (χ1n) is 6.15. The first-order chi connectivity index (χ1) is 8.00. The van der Waals surface area contributed by atoms with E-state index in [1.165, 1.54) is 0 Å². The summed E-state index contributed by atoms with van der Waals surface area (Å²) in [6, 6.07) is 0. The molecule has 4 nitrogen and oxygen atoms in total. The fourth-order valence-electron chi connectivity index (χ4n) is 1.89. The third kappa shape index (κ3) is 4.98. The number of amides is 2. The minimum absolute atomic E-state index is 0.0395. The van der Waals surface area contributed by atoms with E-state index in [4.69, 9.17) is 5.73 Å². The molecule has 0 aromatic rings. The van der Waals surface area contributed by atoms with E-state index in [0.29, 0.717) is 24.8 Å². The van der Waals surface area contributed by atoms with Crippen LogP contribution >= 0.6 is 11.8 Å². The van der Waals surface area contributed by atoms with E-state index in [0.717, 1.165) is 18.6 Å². The zero-order valence-corrected chi connectivity index (χ0v) is 11.5. The third-order valence-corrected chi connectivity index (χ3v) is 4.28. The van der Waals surface area contributed by atoms with Crippen molar-refractivity contribution in [2.75, 3.05) is 24.6 Å². The normalized spacial score (nSPS) is 17.5. The molecule has 1 heterocycles. The highest BCUT2D eigenvalue weighted by atomic mass is 32.2. The predicted octanol–water partition coefficient (Wildman–Crippen LogP) is 1.10. The number of carbonyl (C=O) groups excluding carboxylic acids is 2. The zero-order valence-electron chi connectivity index (χ0n) is 10.6. The smallest absolute Gasteiger partial charge is 0.232 e. The van der Waals surface area contributed by atoms with E-state index in [1.54, 1.807) is 11.8 Å². The van der Waals surface area contributed by atoms with Gasteiger partial charge in [0.15, 0.2) is 0 Å². The van der Waals surface area contributed by atoms with Crippen molar-refractivity contribution >= 4 is 23.6 Å². The van der Waals surface area contributed by atoms with Crippen molar-refractivity contribution in [2.24, 2.45) is 17.6 Å². The highest BCUT2D eigenvalue weighted by Gasteiger charge is 2.25. The van der Waals surface area contributed by atoms with E-state index in [1.807, 2.05) is 4.90 Å².